The van der Waals surface area contributed by atoms with Crippen molar-refractivity contribution < 1.29 is 14.3 Å². The van der Waals surface area contributed by atoms with Gasteiger partial charge in [0.05, 0.1) is 17.4 Å². The minimum Gasteiger partial charge on any atom is -0.480 e. The molecule has 2 heterocycles. The van der Waals surface area contributed by atoms with Gasteiger partial charge in [-0.1, -0.05) is 12.2 Å². The Balaban J connectivity index is 2.53. The molecule has 0 aliphatic carbocycles. The average molecular weight is 349 g/mol. The van der Waals surface area contributed by atoms with Crippen molar-refractivity contribution in [2.45, 2.75) is 27.4 Å². The van der Waals surface area contributed by atoms with Crippen molar-refractivity contribution in [2.24, 2.45) is 0 Å². The van der Waals surface area contributed by atoms with Crippen molar-refractivity contribution in [3.63, 3.8) is 0 Å². The van der Waals surface area contributed by atoms with Gasteiger partial charge in [0, 0.05) is 20.2 Å². The van der Waals surface area contributed by atoms with E-state index >= 15 is 0 Å². The average Bonchev–Trinajstić information content (AvgIpc) is 2.88. The lowest BCUT2D eigenvalue weighted by molar-refractivity contribution is 0.0782. The van der Waals surface area contributed by atoms with Crippen LogP contribution in [0.15, 0.2) is 12.2 Å². The summed E-state index contributed by atoms with van der Waals surface area (Å²) in [5.74, 6) is 0.996. The smallest absolute Gasteiger partial charge is 0.264 e. The molecule has 0 aliphatic heterocycles. The largest absolute Gasteiger partial charge is 0.480 e. The zero-order valence-electron chi connectivity index (χ0n) is 14.8. The van der Waals surface area contributed by atoms with E-state index in [1.165, 1.54) is 11.3 Å². The third-order valence-corrected chi connectivity index (χ3v) is 4.77. The lowest BCUT2D eigenvalue weighted by Crippen LogP contribution is -2.31. The molecule has 0 N–H and O–H groups in total. The number of aryl methyl sites for hydroxylation is 1. The SMILES string of the molecule is C=C(C)CN(CC)C(=O)c1sc2nc(COC)nc(OC)c2c1C. The number of hydrogen-bond donors (Lipinski definition) is 0. The summed E-state index contributed by atoms with van der Waals surface area (Å²) in [6.07, 6.45) is 0. The van der Waals surface area contributed by atoms with E-state index < -0.39 is 0 Å². The Kier molecular flexibility index (Phi) is 5.90. The Hall–Kier alpha value is -1.99. The first kappa shape index (κ1) is 18.4. The van der Waals surface area contributed by atoms with Gasteiger partial charge in [-0.2, -0.15) is 4.98 Å². The molecular weight excluding hydrogens is 326 g/mol. The Labute approximate surface area is 146 Å². The molecular formula is C17H23N3O3S. The summed E-state index contributed by atoms with van der Waals surface area (Å²) in [5, 5.41) is 0.789. The molecule has 0 saturated heterocycles. The molecule has 0 aliphatic rings. The normalized spacial score (nSPS) is 10.9. The monoisotopic (exact) mass is 349 g/mol. The van der Waals surface area contributed by atoms with Gasteiger partial charge in [-0.15, -0.1) is 11.3 Å². The van der Waals surface area contributed by atoms with Gasteiger partial charge in [0.2, 0.25) is 5.88 Å². The highest BCUT2D eigenvalue weighted by atomic mass is 32.1. The molecule has 0 radical (unpaired) electrons. The summed E-state index contributed by atoms with van der Waals surface area (Å²) in [6, 6.07) is 0. The molecule has 1 amide bonds. The lowest BCUT2D eigenvalue weighted by atomic mass is 10.2. The van der Waals surface area contributed by atoms with E-state index in [0.717, 1.165) is 21.4 Å². The van der Waals surface area contributed by atoms with Crippen LogP contribution in [0.1, 0.15) is 34.9 Å². The first-order valence-electron chi connectivity index (χ1n) is 7.69. The summed E-state index contributed by atoms with van der Waals surface area (Å²) in [7, 11) is 3.15. The molecule has 130 valence electrons. The van der Waals surface area contributed by atoms with Crippen LogP contribution in [0.2, 0.25) is 0 Å². The molecule has 0 spiro atoms. The van der Waals surface area contributed by atoms with Crippen LogP contribution < -0.4 is 4.74 Å². The molecule has 0 atom stereocenters. The summed E-state index contributed by atoms with van der Waals surface area (Å²) in [6.45, 7) is 11.1. The first-order chi connectivity index (χ1) is 11.4. The fourth-order valence-corrected chi connectivity index (χ4v) is 3.64. The summed E-state index contributed by atoms with van der Waals surface area (Å²) >= 11 is 1.36. The zero-order chi connectivity index (χ0) is 17.9. The second-order valence-corrected chi connectivity index (χ2v) is 6.59. The maximum absolute atomic E-state index is 12.9. The Morgan fingerprint density at radius 1 is 1.33 bits per heavy atom. The van der Waals surface area contributed by atoms with Gasteiger partial charge >= 0.3 is 0 Å². The van der Waals surface area contributed by atoms with Gasteiger partial charge in [-0.3, -0.25) is 4.79 Å². The summed E-state index contributed by atoms with van der Waals surface area (Å²) in [4.78, 5) is 24.9. The van der Waals surface area contributed by atoms with Crippen LogP contribution in [0.25, 0.3) is 10.2 Å². The Morgan fingerprint density at radius 2 is 2.04 bits per heavy atom. The minimum atomic E-state index is -0.0173. The van der Waals surface area contributed by atoms with E-state index in [4.69, 9.17) is 9.47 Å². The van der Waals surface area contributed by atoms with Crippen LogP contribution in [0.3, 0.4) is 0 Å². The molecule has 0 fully saturated rings. The Bertz CT molecular complexity index is 770. The predicted molar refractivity (Wildman–Crippen MR) is 95.8 cm³/mol. The number of nitrogens with zero attached hydrogens (tertiary/aromatic N) is 3. The highest BCUT2D eigenvalue weighted by molar-refractivity contribution is 7.20. The molecule has 2 aromatic rings. The first-order valence-corrected chi connectivity index (χ1v) is 8.51. The zero-order valence-corrected chi connectivity index (χ0v) is 15.6. The van der Waals surface area contributed by atoms with E-state index in [1.807, 2.05) is 20.8 Å². The van der Waals surface area contributed by atoms with Crippen LogP contribution in [0.4, 0.5) is 0 Å². The third kappa shape index (κ3) is 3.57. The number of fused-ring (bicyclic) bond motifs is 1. The summed E-state index contributed by atoms with van der Waals surface area (Å²) in [5.41, 5.74) is 1.80. The second-order valence-electron chi connectivity index (χ2n) is 5.59. The van der Waals surface area contributed by atoms with E-state index in [2.05, 4.69) is 16.5 Å². The predicted octanol–water partition coefficient (Wildman–Crippen LogP) is 3.19. The topological polar surface area (TPSA) is 64.6 Å². The number of likely N-dealkylation sites (N-methyl/N-ethyl adjacent to an activating group) is 1. The van der Waals surface area contributed by atoms with Crippen LogP contribution in [0.5, 0.6) is 5.88 Å². The van der Waals surface area contributed by atoms with Crippen molar-refractivity contribution in [1.82, 2.24) is 14.9 Å². The highest BCUT2D eigenvalue weighted by Crippen LogP contribution is 2.35. The molecule has 0 unspecified atom stereocenters. The van der Waals surface area contributed by atoms with Crippen molar-refractivity contribution >= 4 is 27.5 Å². The standard InChI is InChI=1S/C17H23N3O3S/c1-7-20(8-10(2)3)17(21)14-11(4)13-15(23-6)18-12(9-22-5)19-16(13)24-14/h2,7-9H2,1,3-6H3. The van der Waals surface area contributed by atoms with Gasteiger partial charge in [0.1, 0.15) is 11.4 Å². The summed E-state index contributed by atoms with van der Waals surface area (Å²) < 4.78 is 10.5. The molecule has 7 heteroatoms. The number of hydrogen-bond acceptors (Lipinski definition) is 6. The molecule has 2 rings (SSSR count). The van der Waals surface area contributed by atoms with Crippen LogP contribution in [-0.2, 0) is 11.3 Å². The fraction of sp³-hybridized carbons (Fsp3) is 0.471. The number of rotatable bonds is 7. The van der Waals surface area contributed by atoms with Crippen LogP contribution in [0, 0.1) is 6.92 Å². The number of amides is 1. The lowest BCUT2D eigenvalue weighted by Gasteiger charge is -2.20. The van der Waals surface area contributed by atoms with Crippen LogP contribution in [-0.4, -0.2) is 48.1 Å². The van der Waals surface area contributed by atoms with E-state index in [0.29, 0.717) is 36.3 Å². The third-order valence-electron chi connectivity index (χ3n) is 3.59. The van der Waals surface area contributed by atoms with E-state index in [1.54, 1.807) is 19.1 Å². The number of thiophene rings is 1. The van der Waals surface area contributed by atoms with Crippen LogP contribution >= 0.6 is 11.3 Å². The van der Waals surface area contributed by atoms with Gasteiger partial charge < -0.3 is 14.4 Å². The quantitative estimate of drug-likeness (QED) is 0.718. The van der Waals surface area contributed by atoms with Crippen molar-refractivity contribution in [2.75, 3.05) is 27.3 Å². The molecule has 2 aromatic heterocycles. The fourth-order valence-electron chi connectivity index (χ4n) is 2.49. The molecule has 0 bridgehead atoms. The molecule has 0 aromatic carbocycles. The van der Waals surface area contributed by atoms with Gasteiger partial charge in [0.25, 0.3) is 5.91 Å². The maximum Gasteiger partial charge on any atom is 0.264 e. The second kappa shape index (κ2) is 7.72. The van der Waals surface area contributed by atoms with Gasteiger partial charge in [-0.25, -0.2) is 4.98 Å². The van der Waals surface area contributed by atoms with Crippen molar-refractivity contribution in [3.05, 3.63) is 28.4 Å². The van der Waals surface area contributed by atoms with Crippen molar-refractivity contribution in [1.29, 1.82) is 0 Å². The minimum absolute atomic E-state index is 0.0173. The van der Waals surface area contributed by atoms with Gasteiger partial charge in [0.15, 0.2) is 5.82 Å². The number of methoxy groups -OCH3 is 2. The van der Waals surface area contributed by atoms with E-state index in [9.17, 15) is 4.79 Å². The number of ether oxygens (including phenoxy) is 2. The maximum atomic E-state index is 12.9. The van der Waals surface area contributed by atoms with E-state index in [-0.39, 0.29) is 5.91 Å². The van der Waals surface area contributed by atoms with Gasteiger partial charge in [-0.05, 0) is 26.3 Å². The van der Waals surface area contributed by atoms with Crippen molar-refractivity contribution in [3.8, 4) is 5.88 Å². The highest BCUT2D eigenvalue weighted by Gasteiger charge is 2.24. The number of aromatic nitrogens is 2. The molecule has 0 saturated carbocycles. The number of carbonyl (C=O) groups is 1. The molecule has 24 heavy (non-hydrogen) atoms. The molecule has 6 nitrogen and oxygen atoms in total. The Morgan fingerprint density at radius 3 is 2.58 bits per heavy atom. The number of carbonyl (C=O) groups excluding carboxylic acids is 1.